The van der Waals surface area contributed by atoms with E-state index >= 15 is 0 Å². The molecule has 0 spiro atoms. The predicted molar refractivity (Wildman–Crippen MR) is 148 cm³/mol. The molecule has 2 rings (SSSR count). The second-order valence-corrected chi connectivity index (χ2v) is 10.6. The molecule has 39 heavy (non-hydrogen) atoms. The van der Waals surface area contributed by atoms with Crippen molar-refractivity contribution in [1.82, 2.24) is 4.90 Å². The van der Waals surface area contributed by atoms with Crippen molar-refractivity contribution in [2.75, 3.05) is 19.6 Å². The lowest BCUT2D eigenvalue weighted by Gasteiger charge is -2.20. The molecule has 0 atom stereocenters. The molecule has 0 N–H and O–H groups in total. The Kier molecular flexibility index (Phi) is 15.0. The van der Waals surface area contributed by atoms with Crippen LogP contribution in [-0.2, 0) is 25.2 Å². The summed E-state index contributed by atoms with van der Waals surface area (Å²) in [5.74, 6) is 0. The predicted octanol–water partition coefficient (Wildman–Crippen LogP) is 10.5. The molecule has 0 fully saturated rings. The van der Waals surface area contributed by atoms with Crippen LogP contribution in [0.2, 0.25) is 0 Å². The highest BCUT2D eigenvalue weighted by atomic mass is 19.4. The Morgan fingerprint density at radius 2 is 0.872 bits per heavy atom. The molecule has 0 aromatic heterocycles. The van der Waals surface area contributed by atoms with Crippen molar-refractivity contribution in [3.8, 4) is 0 Å². The molecule has 0 radical (unpaired) electrons. The van der Waals surface area contributed by atoms with Gasteiger partial charge in [0.1, 0.15) is 0 Å². The van der Waals surface area contributed by atoms with Crippen LogP contribution in [0, 0.1) is 0 Å². The molecule has 0 aliphatic heterocycles. The highest BCUT2D eigenvalue weighted by Gasteiger charge is 2.31. The van der Waals surface area contributed by atoms with E-state index in [9.17, 15) is 26.3 Å². The average molecular weight is 558 g/mol. The van der Waals surface area contributed by atoms with Crippen LogP contribution < -0.4 is 0 Å². The van der Waals surface area contributed by atoms with Crippen molar-refractivity contribution in [2.24, 2.45) is 0 Å². The zero-order valence-corrected chi connectivity index (χ0v) is 23.4. The number of unbranched alkanes of at least 4 members (excludes halogenated alkanes) is 10. The van der Waals surface area contributed by atoms with E-state index < -0.39 is 23.5 Å². The van der Waals surface area contributed by atoms with Gasteiger partial charge in [-0.3, -0.25) is 0 Å². The first-order valence-corrected chi connectivity index (χ1v) is 14.6. The van der Waals surface area contributed by atoms with Gasteiger partial charge in [-0.05, 0) is 81.4 Å². The van der Waals surface area contributed by atoms with Crippen LogP contribution in [-0.4, -0.2) is 24.5 Å². The average Bonchev–Trinajstić information content (AvgIpc) is 2.89. The summed E-state index contributed by atoms with van der Waals surface area (Å²) in [6, 6.07) is 11.3. The summed E-state index contributed by atoms with van der Waals surface area (Å²) in [7, 11) is 0. The van der Waals surface area contributed by atoms with Crippen LogP contribution in [0.15, 0.2) is 48.5 Å². The molecular formula is C32H45F6N. The van der Waals surface area contributed by atoms with Gasteiger partial charge < -0.3 is 4.90 Å². The molecule has 0 aliphatic rings. The number of nitrogens with zero attached hydrogens (tertiary/aromatic N) is 1. The molecule has 0 unspecified atom stereocenters. The summed E-state index contributed by atoms with van der Waals surface area (Å²) >= 11 is 0. The van der Waals surface area contributed by atoms with Crippen molar-refractivity contribution in [1.29, 1.82) is 0 Å². The summed E-state index contributed by atoms with van der Waals surface area (Å²) in [6.45, 7) is 5.46. The Hall–Kier alpha value is -2.02. The molecule has 0 aliphatic carbocycles. The minimum Gasteiger partial charge on any atom is -0.304 e. The zero-order chi connectivity index (χ0) is 28.6. The monoisotopic (exact) mass is 557 g/mol. The third-order valence-electron chi connectivity index (χ3n) is 7.34. The number of rotatable bonds is 19. The van der Waals surface area contributed by atoms with Crippen LogP contribution >= 0.6 is 0 Å². The minimum absolute atomic E-state index is 0.562. The lowest BCUT2D eigenvalue weighted by atomic mass is 10.0. The summed E-state index contributed by atoms with van der Waals surface area (Å²) in [5, 5.41) is 0. The Bertz CT molecular complexity index is 848. The molecule has 0 saturated heterocycles. The fourth-order valence-electron chi connectivity index (χ4n) is 4.98. The van der Waals surface area contributed by atoms with Gasteiger partial charge >= 0.3 is 12.4 Å². The van der Waals surface area contributed by atoms with Crippen LogP contribution in [0.5, 0.6) is 0 Å². The van der Waals surface area contributed by atoms with Crippen molar-refractivity contribution in [2.45, 2.75) is 109 Å². The van der Waals surface area contributed by atoms with Crippen LogP contribution in [0.4, 0.5) is 26.3 Å². The minimum atomic E-state index is -4.27. The molecule has 0 bridgehead atoms. The molecule has 2 aromatic carbocycles. The maximum absolute atomic E-state index is 12.8. The van der Waals surface area contributed by atoms with Gasteiger partial charge in [-0.25, -0.2) is 0 Å². The number of hydrogen-bond acceptors (Lipinski definition) is 1. The van der Waals surface area contributed by atoms with E-state index in [0.717, 1.165) is 81.4 Å². The molecule has 0 saturated carbocycles. The van der Waals surface area contributed by atoms with E-state index in [4.69, 9.17) is 0 Å². The largest absolute Gasteiger partial charge is 0.416 e. The van der Waals surface area contributed by atoms with Gasteiger partial charge in [0.2, 0.25) is 0 Å². The molecule has 0 heterocycles. The van der Waals surface area contributed by atoms with Gasteiger partial charge in [-0.15, -0.1) is 0 Å². The highest BCUT2D eigenvalue weighted by molar-refractivity contribution is 5.26. The third-order valence-corrected chi connectivity index (χ3v) is 7.34. The third kappa shape index (κ3) is 14.3. The Labute approximate surface area is 231 Å². The lowest BCUT2D eigenvalue weighted by molar-refractivity contribution is -0.138. The summed E-state index contributed by atoms with van der Waals surface area (Å²) in [5.41, 5.74) is 0.401. The second kappa shape index (κ2) is 17.6. The quantitative estimate of drug-likeness (QED) is 0.123. The second-order valence-electron chi connectivity index (χ2n) is 10.6. The van der Waals surface area contributed by atoms with E-state index in [0.29, 0.717) is 12.8 Å². The Balaban J connectivity index is 1.43. The number of hydrogen-bond donors (Lipinski definition) is 0. The van der Waals surface area contributed by atoms with E-state index in [1.54, 1.807) is 12.1 Å². The fraction of sp³-hybridized carbons (Fsp3) is 0.625. The smallest absolute Gasteiger partial charge is 0.304 e. The van der Waals surface area contributed by atoms with E-state index in [-0.39, 0.29) is 0 Å². The van der Waals surface area contributed by atoms with Crippen LogP contribution in [0.1, 0.15) is 106 Å². The Morgan fingerprint density at radius 1 is 0.513 bits per heavy atom. The molecular weight excluding hydrogens is 512 g/mol. The Morgan fingerprint density at radius 3 is 1.23 bits per heavy atom. The van der Waals surface area contributed by atoms with Gasteiger partial charge in [0.05, 0.1) is 11.1 Å². The van der Waals surface area contributed by atoms with Crippen LogP contribution in [0.3, 0.4) is 0 Å². The van der Waals surface area contributed by atoms with Gasteiger partial charge in [0.15, 0.2) is 0 Å². The maximum atomic E-state index is 12.8. The number of aryl methyl sites for hydroxylation is 2. The van der Waals surface area contributed by atoms with Crippen molar-refractivity contribution >= 4 is 0 Å². The normalized spacial score (nSPS) is 12.4. The fourth-order valence-corrected chi connectivity index (χ4v) is 4.98. The zero-order valence-electron chi connectivity index (χ0n) is 23.4. The number of alkyl halides is 6. The topological polar surface area (TPSA) is 3.24 Å². The first-order chi connectivity index (χ1) is 18.6. The standard InChI is InChI=1S/C32H45F6N/c1-2-39(23-13-9-5-3-7-11-17-27-19-15-21-29(25-27)31(33,34)35)24-14-10-6-4-8-12-18-28-20-16-22-30(26-28)32(36,37)38/h15-16,19-22,25-26H,2-14,17-18,23-24H2,1H3. The summed E-state index contributed by atoms with van der Waals surface area (Å²) in [6.07, 6.45) is 6.10. The van der Waals surface area contributed by atoms with Gasteiger partial charge in [-0.1, -0.05) is 94.7 Å². The van der Waals surface area contributed by atoms with E-state index in [1.165, 1.54) is 62.8 Å². The first-order valence-electron chi connectivity index (χ1n) is 14.6. The van der Waals surface area contributed by atoms with E-state index in [1.807, 2.05) is 0 Å². The van der Waals surface area contributed by atoms with Gasteiger partial charge in [0.25, 0.3) is 0 Å². The lowest BCUT2D eigenvalue weighted by Crippen LogP contribution is -2.25. The van der Waals surface area contributed by atoms with E-state index in [2.05, 4.69) is 11.8 Å². The van der Waals surface area contributed by atoms with Crippen molar-refractivity contribution in [3.63, 3.8) is 0 Å². The van der Waals surface area contributed by atoms with Crippen LogP contribution in [0.25, 0.3) is 0 Å². The molecule has 7 heteroatoms. The summed E-state index contributed by atoms with van der Waals surface area (Å²) in [4.78, 5) is 2.50. The molecule has 2 aromatic rings. The first kappa shape index (κ1) is 33.2. The van der Waals surface area contributed by atoms with Gasteiger partial charge in [-0.2, -0.15) is 26.3 Å². The van der Waals surface area contributed by atoms with Gasteiger partial charge in [0, 0.05) is 0 Å². The van der Waals surface area contributed by atoms with Crippen molar-refractivity contribution in [3.05, 3.63) is 70.8 Å². The number of halogens is 6. The van der Waals surface area contributed by atoms with Crippen molar-refractivity contribution < 1.29 is 26.3 Å². The summed E-state index contributed by atoms with van der Waals surface area (Å²) < 4.78 is 76.9. The number of benzene rings is 2. The highest BCUT2D eigenvalue weighted by Crippen LogP contribution is 2.30. The molecule has 0 amide bonds. The molecule has 1 nitrogen and oxygen atoms in total. The maximum Gasteiger partial charge on any atom is 0.416 e. The SMILES string of the molecule is CCN(CCCCCCCCc1cccc(C(F)(F)F)c1)CCCCCCCCc1cccc(C(F)(F)F)c1. The molecule has 220 valence electrons.